The Bertz CT molecular complexity index is 1230. The summed E-state index contributed by atoms with van der Waals surface area (Å²) in [5.74, 6) is -1.11. The van der Waals surface area contributed by atoms with E-state index in [9.17, 15) is 24.5 Å². The summed E-state index contributed by atoms with van der Waals surface area (Å²) in [6.07, 6.45) is 0. The molecule has 9 nitrogen and oxygen atoms in total. The Hall–Kier alpha value is -4.24. The summed E-state index contributed by atoms with van der Waals surface area (Å²) in [7, 11) is 0. The molecule has 0 bridgehead atoms. The van der Waals surface area contributed by atoms with E-state index in [-0.39, 0.29) is 41.2 Å². The van der Waals surface area contributed by atoms with E-state index < -0.39 is 10.8 Å². The number of anilines is 1. The molecule has 0 heterocycles. The summed E-state index contributed by atoms with van der Waals surface area (Å²) in [6.45, 7) is 2.22. The lowest BCUT2D eigenvalue weighted by molar-refractivity contribution is -0.384. The van der Waals surface area contributed by atoms with Crippen LogP contribution >= 0.6 is 11.6 Å². The zero-order chi connectivity index (χ0) is 24.7. The first kappa shape index (κ1) is 24.4. The number of benzene rings is 3. The van der Waals surface area contributed by atoms with Crippen molar-refractivity contribution < 1.29 is 19.3 Å². The second-order valence-corrected chi connectivity index (χ2v) is 7.74. The van der Waals surface area contributed by atoms with Crippen LogP contribution < -0.4 is 16.0 Å². The number of non-ortho nitro benzene ring substituents is 1. The first-order chi connectivity index (χ1) is 16.2. The van der Waals surface area contributed by atoms with Gasteiger partial charge in [0.25, 0.3) is 23.4 Å². The summed E-state index contributed by atoms with van der Waals surface area (Å²) < 4.78 is 0. The Morgan fingerprint density at radius 2 is 1.38 bits per heavy atom. The lowest BCUT2D eigenvalue weighted by Gasteiger charge is -2.09. The standard InChI is InChI=1S/C24H21ClN4O5/c1-15-2-4-17(5-3-15)23(31)28-18-8-6-16(7-9-18)22(30)26-12-13-27-24(32)20-11-10-19(29(33)34)14-21(20)25/h2-11,14H,12-13H2,1H3,(H,26,30)(H,27,32)(H,28,31). The number of nitrogens with one attached hydrogen (secondary N) is 3. The average Bonchev–Trinajstić information content (AvgIpc) is 2.82. The van der Waals surface area contributed by atoms with E-state index in [1.807, 2.05) is 19.1 Å². The van der Waals surface area contributed by atoms with Gasteiger partial charge in [-0.3, -0.25) is 24.5 Å². The Balaban J connectivity index is 1.46. The fraction of sp³-hybridized carbons (Fsp3) is 0.125. The Labute approximate surface area is 200 Å². The monoisotopic (exact) mass is 480 g/mol. The quantitative estimate of drug-likeness (QED) is 0.255. The van der Waals surface area contributed by atoms with Gasteiger partial charge in [0.1, 0.15) is 0 Å². The number of rotatable bonds is 8. The number of nitro benzene ring substituents is 1. The highest BCUT2D eigenvalue weighted by atomic mass is 35.5. The minimum absolute atomic E-state index is 0.0368. The van der Waals surface area contributed by atoms with E-state index in [1.54, 1.807) is 36.4 Å². The number of hydrogen-bond donors (Lipinski definition) is 3. The minimum atomic E-state index is -0.604. The van der Waals surface area contributed by atoms with Crippen LogP contribution in [0.25, 0.3) is 0 Å². The van der Waals surface area contributed by atoms with Crippen molar-refractivity contribution in [1.82, 2.24) is 10.6 Å². The number of nitro groups is 1. The van der Waals surface area contributed by atoms with Gasteiger partial charge < -0.3 is 16.0 Å². The fourth-order valence-corrected chi connectivity index (χ4v) is 3.22. The van der Waals surface area contributed by atoms with Crippen LogP contribution in [-0.4, -0.2) is 35.7 Å². The lowest BCUT2D eigenvalue weighted by Crippen LogP contribution is -2.34. The smallest absolute Gasteiger partial charge is 0.270 e. The molecular formula is C24H21ClN4O5. The molecule has 0 spiro atoms. The molecule has 0 unspecified atom stereocenters. The molecule has 0 aliphatic carbocycles. The van der Waals surface area contributed by atoms with E-state index in [4.69, 9.17) is 11.6 Å². The highest BCUT2D eigenvalue weighted by Gasteiger charge is 2.15. The van der Waals surface area contributed by atoms with Crippen LogP contribution in [0.15, 0.2) is 66.7 Å². The van der Waals surface area contributed by atoms with Crippen LogP contribution in [0.4, 0.5) is 11.4 Å². The van der Waals surface area contributed by atoms with Gasteiger partial charge in [0, 0.05) is 42.0 Å². The van der Waals surface area contributed by atoms with Gasteiger partial charge in [-0.2, -0.15) is 0 Å². The molecule has 10 heteroatoms. The summed E-state index contributed by atoms with van der Waals surface area (Å²) >= 11 is 5.94. The molecule has 0 aliphatic rings. The third-order valence-corrected chi connectivity index (χ3v) is 5.14. The van der Waals surface area contributed by atoms with Crippen molar-refractivity contribution in [2.75, 3.05) is 18.4 Å². The number of carbonyl (C=O) groups excluding carboxylic acids is 3. The molecule has 3 aromatic carbocycles. The van der Waals surface area contributed by atoms with E-state index in [1.165, 1.54) is 12.1 Å². The number of halogens is 1. The van der Waals surface area contributed by atoms with Crippen LogP contribution in [0.2, 0.25) is 5.02 Å². The number of aryl methyl sites for hydroxylation is 1. The zero-order valence-corrected chi connectivity index (χ0v) is 18.9. The predicted octanol–water partition coefficient (Wildman–Crippen LogP) is 3.97. The SMILES string of the molecule is Cc1ccc(C(=O)Nc2ccc(C(=O)NCCNC(=O)c3ccc([N+](=O)[O-])cc3Cl)cc2)cc1. The molecule has 0 saturated carbocycles. The summed E-state index contributed by atoms with van der Waals surface area (Å²) in [5, 5.41) is 18.7. The average molecular weight is 481 g/mol. The van der Waals surface area contributed by atoms with Crippen molar-refractivity contribution in [3.8, 4) is 0 Å². The van der Waals surface area contributed by atoms with Gasteiger partial charge >= 0.3 is 0 Å². The molecule has 0 radical (unpaired) electrons. The maximum Gasteiger partial charge on any atom is 0.270 e. The molecule has 0 fully saturated rings. The third-order valence-electron chi connectivity index (χ3n) is 4.82. The molecule has 174 valence electrons. The van der Waals surface area contributed by atoms with Gasteiger partial charge in [0.15, 0.2) is 0 Å². The number of nitrogens with zero attached hydrogens (tertiary/aromatic N) is 1. The van der Waals surface area contributed by atoms with Crippen molar-refractivity contribution >= 4 is 40.7 Å². The first-order valence-electron chi connectivity index (χ1n) is 10.2. The van der Waals surface area contributed by atoms with Crippen LogP contribution in [0.1, 0.15) is 36.6 Å². The highest BCUT2D eigenvalue weighted by Crippen LogP contribution is 2.22. The van der Waals surface area contributed by atoms with Gasteiger partial charge in [-0.25, -0.2) is 0 Å². The molecular weight excluding hydrogens is 460 g/mol. The number of amides is 3. The van der Waals surface area contributed by atoms with Gasteiger partial charge in [0.05, 0.1) is 15.5 Å². The number of carbonyl (C=O) groups is 3. The van der Waals surface area contributed by atoms with Crippen LogP contribution in [-0.2, 0) is 0 Å². The molecule has 0 aromatic heterocycles. The molecule has 3 aromatic rings. The topological polar surface area (TPSA) is 130 Å². The molecule has 0 saturated heterocycles. The summed E-state index contributed by atoms with van der Waals surface area (Å²) in [5.41, 5.74) is 2.41. The second-order valence-electron chi connectivity index (χ2n) is 7.33. The van der Waals surface area contributed by atoms with Crippen molar-refractivity contribution in [3.05, 3.63) is 104 Å². The van der Waals surface area contributed by atoms with Crippen LogP contribution in [0.3, 0.4) is 0 Å². The molecule has 3 N–H and O–H groups in total. The van der Waals surface area contributed by atoms with E-state index in [0.717, 1.165) is 11.6 Å². The maximum absolute atomic E-state index is 12.3. The van der Waals surface area contributed by atoms with Crippen molar-refractivity contribution in [2.45, 2.75) is 6.92 Å². The predicted molar refractivity (Wildman–Crippen MR) is 128 cm³/mol. The normalized spacial score (nSPS) is 10.3. The molecule has 3 amide bonds. The molecule has 0 aliphatic heterocycles. The fourth-order valence-electron chi connectivity index (χ4n) is 2.96. The lowest BCUT2D eigenvalue weighted by atomic mass is 10.1. The van der Waals surface area contributed by atoms with E-state index in [2.05, 4.69) is 16.0 Å². The Morgan fingerprint density at radius 1 is 0.824 bits per heavy atom. The van der Waals surface area contributed by atoms with Gasteiger partial charge in [-0.05, 0) is 49.4 Å². The zero-order valence-electron chi connectivity index (χ0n) is 18.1. The van der Waals surface area contributed by atoms with Gasteiger partial charge in [0.2, 0.25) is 0 Å². The van der Waals surface area contributed by atoms with Crippen molar-refractivity contribution in [1.29, 1.82) is 0 Å². The molecule has 0 atom stereocenters. The molecule has 3 rings (SSSR count). The highest BCUT2D eigenvalue weighted by molar-refractivity contribution is 6.34. The summed E-state index contributed by atoms with van der Waals surface area (Å²) in [6, 6.07) is 17.1. The van der Waals surface area contributed by atoms with Crippen molar-refractivity contribution in [2.24, 2.45) is 0 Å². The first-order valence-corrected chi connectivity index (χ1v) is 10.6. The largest absolute Gasteiger partial charge is 0.350 e. The minimum Gasteiger partial charge on any atom is -0.350 e. The van der Waals surface area contributed by atoms with Crippen LogP contribution in [0, 0.1) is 17.0 Å². The number of hydrogen-bond acceptors (Lipinski definition) is 5. The van der Waals surface area contributed by atoms with E-state index in [0.29, 0.717) is 16.8 Å². The summed E-state index contributed by atoms with van der Waals surface area (Å²) in [4.78, 5) is 46.9. The third kappa shape index (κ3) is 6.39. The Kier molecular flexibility index (Phi) is 7.94. The second kappa shape index (κ2) is 11.1. The van der Waals surface area contributed by atoms with Crippen molar-refractivity contribution in [3.63, 3.8) is 0 Å². The van der Waals surface area contributed by atoms with Crippen LogP contribution in [0.5, 0.6) is 0 Å². The van der Waals surface area contributed by atoms with Gasteiger partial charge in [-0.1, -0.05) is 29.3 Å². The maximum atomic E-state index is 12.3. The van der Waals surface area contributed by atoms with E-state index >= 15 is 0 Å². The Morgan fingerprint density at radius 3 is 1.97 bits per heavy atom. The van der Waals surface area contributed by atoms with Gasteiger partial charge in [-0.15, -0.1) is 0 Å². The molecule has 34 heavy (non-hydrogen) atoms.